The zero-order valence-corrected chi connectivity index (χ0v) is 18.8. The van der Waals surface area contributed by atoms with Crippen molar-refractivity contribution in [2.24, 2.45) is 0 Å². The predicted octanol–water partition coefficient (Wildman–Crippen LogP) is 3.48. The second-order valence-corrected chi connectivity index (χ2v) is 9.74. The van der Waals surface area contributed by atoms with E-state index in [9.17, 15) is 18.3 Å². The number of aromatic carboxylic acids is 1. The van der Waals surface area contributed by atoms with Gasteiger partial charge in [-0.1, -0.05) is 41.9 Å². The van der Waals surface area contributed by atoms with E-state index in [-0.39, 0.29) is 44.9 Å². The molecule has 0 radical (unpaired) electrons. The predicted molar refractivity (Wildman–Crippen MR) is 130 cm³/mol. The SMILES string of the molecule is O=C(O)c1cccc(S(=O)(=O)c2ccc(CCCNC[C@@H](O)c3cccc(Cl)c3)cc2)c1.[NaH]. The fourth-order valence-corrected chi connectivity index (χ4v) is 4.76. The Morgan fingerprint density at radius 3 is 2.33 bits per heavy atom. The number of nitrogens with one attached hydrogen (secondary N) is 1. The van der Waals surface area contributed by atoms with Gasteiger partial charge >= 0.3 is 35.5 Å². The number of carbonyl (C=O) groups is 1. The molecule has 0 amide bonds. The van der Waals surface area contributed by atoms with E-state index >= 15 is 0 Å². The molecule has 0 aliphatic rings. The Morgan fingerprint density at radius 1 is 0.970 bits per heavy atom. The molecule has 33 heavy (non-hydrogen) atoms. The van der Waals surface area contributed by atoms with Gasteiger partial charge in [-0.25, -0.2) is 13.2 Å². The van der Waals surface area contributed by atoms with Crippen LogP contribution in [0.1, 0.15) is 34.0 Å². The summed E-state index contributed by atoms with van der Waals surface area (Å²) in [5.41, 5.74) is 1.67. The third kappa shape index (κ3) is 7.65. The second kappa shape index (κ2) is 12.7. The zero-order valence-electron chi connectivity index (χ0n) is 17.2. The van der Waals surface area contributed by atoms with E-state index in [0.717, 1.165) is 30.0 Å². The zero-order chi connectivity index (χ0) is 23.1. The van der Waals surface area contributed by atoms with Crippen LogP contribution in [-0.4, -0.2) is 67.2 Å². The van der Waals surface area contributed by atoms with Crippen molar-refractivity contribution in [3.8, 4) is 0 Å². The van der Waals surface area contributed by atoms with E-state index in [4.69, 9.17) is 16.7 Å². The fraction of sp³-hybridized carbons (Fsp3) is 0.208. The average molecular weight is 498 g/mol. The number of hydrogen-bond acceptors (Lipinski definition) is 5. The van der Waals surface area contributed by atoms with Crippen molar-refractivity contribution in [2.75, 3.05) is 13.1 Å². The summed E-state index contributed by atoms with van der Waals surface area (Å²) >= 11 is 5.94. The van der Waals surface area contributed by atoms with Crippen molar-refractivity contribution in [3.63, 3.8) is 0 Å². The molecule has 3 N–H and O–H groups in total. The Labute approximate surface area is 220 Å². The van der Waals surface area contributed by atoms with Crippen molar-refractivity contribution >= 4 is 57.0 Å². The van der Waals surface area contributed by atoms with E-state index in [1.807, 2.05) is 6.07 Å². The van der Waals surface area contributed by atoms with Crippen molar-refractivity contribution in [1.82, 2.24) is 5.32 Å². The summed E-state index contributed by atoms with van der Waals surface area (Å²) in [6, 6.07) is 19.0. The molecular formula is C24H25ClNNaO5S. The van der Waals surface area contributed by atoms with Gasteiger partial charge in [-0.2, -0.15) is 0 Å². The minimum atomic E-state index is -3.79. The molecule has 6 nitrogen and oxygen atoms in total. The van der Waals surface area contributed by atoms with Crippen LogP contribution in [0.4, 0.5) is 0 Å². The Balaban J connectivity index is 0.00000385. The molecule has 0 spiro atoms. The first-order chi connectivity index (χ1) is 15.3. The molecule has 0 unspecified atom stereocenters. The van der Waals surface area contributed by atoms with Crippen molar-refractivity contribution in [1.29, 1.82) is 0 Å². The number of aliphatic hydroxyl groups is 1. The van der Waals surface area contributed by atoms with Crippen LogP contribution in [0.25, 0.3) is 0 Å². The summed E-state index contributed by atoms with van der Waals surface area (Å²) < 4.78 is 25.6. The number of aryl methyl sites for hydroxylation is 1. The quantitative estimate of drug-likeness (QED) is 0.293. The number of sulfone groups is 1. The summed E-state index contributed by atoms with van der Waals surface area (Å²) in [4.78, 5) is 11.2. The number of benzene rings is 3. The molecule has 170 valence electrons. The van der Waals surface area contributed by atoms with Gasteiger partial charge in [0.15, 0.2) is 0 Å². The van der Waals surface area contributed by atoms with E-state index in [0.29, 0.717) is 18.1 Å². The Bertz CT molecular complexity index is 1190. The van der Waals surface area contributed by atoms with Gasteiger partial charge in [-0.3, -0.25) is 0 Å². The van der Waals surface area contributed by atoms with Gasteiger partial charge in [0, 0.05) is 11.6 Å². The normalized spacial score (nSPS) is 12.1. The van der Waals surface area contributed by atoms with Gasteiger partial charge < -0.3 is 15.5 Å². The maximum absolute atomic E-state index is 12.8. The number of carboxylic acids is 1. The molecule has 0 bridgehead atoms. The molecule has 0 aliphatic heterocycles. The van der Waals surface area contributed by atoms with Gasteiger partial charge in [0.25, 0.3) is 0 Å². The molecule has 3 rings (SSSR count). The first-order valence-corrected chi connectivity index (χ1v) is 11.9. The average Bonchev–Trinajstić information content (AvgIpc) is 2.79. The molecule has 0 heterocycles. The first kappa shape index (κ1) is 27.5. The van der Waals surface area contributed by atoms with E-state index < -0.39 is 21.9 Å². The summed E-state index contributed by atoms with van der Waals surface area (Å²) in [7, 11) is -3.79. The molecule has 1 atom stereocenters. The van der Waals surface area contributed by atoms with Gasteiger partial charge in [0.2, 0.25) is 9.84 Å². The molecule has 0 saturated carbocycles. The Kier molecular flexibility index (Phi) is 10.6. The van der Waals surface area contributed by atoms with Crippen LogP contribution in [0.2, 0.25) is 5.02 Å². The van der Waals surface area contributed by atoms with Gasteiger partial charge in [-0.05, 0) is 73.0 Å². The van der Waals surface area contributed by atoms with E-state index in [1.54, 1.807) is 30.3 Å². The van der Waals surface area contributed by atoms with E-state index in [2.05, 4.69) is 5.32 Å². The monoisotopic (exact) mass is 497 g/mol. The molecule has 0 aromatic heterocycles. The number of rotatable bonds is 10. The van der Waals surface area contributed by atoms with Crippen LogP contribution in [-0.2, 0) is 16.3 Å². The molecule has 3 aromatic rings. The van der Waals surface area contributed by atoms with Crippen LogP contribution in [0.15, 0.2) is 82.6 Å². The Hall–Kier alpha value is -1.71. The van der Waals surface area contributed by atoms with Crippen LogP contribution in [0.3, 0.4) is 0 Å². The number of hydrogen-bond donors (Lipinski definition) is 3. The molecule has 0 saturated heterocycles. The third-order valence-electron chi connectivity index (χ3n) is 5.02. The summed E-state index contributed by atoms with van der Waals surface area (Å²) in [5, 5.41) is 23.1. The molecule has 0 aliphatic carbocycles. The number of halogens is 1. The summed E-state index contributed by atoms with van der Waals surface area (Å²) in [6.07, 6.45) is 0.919. The maximum atomic E-state index is 12.8. The molecule has 3 aromatic carbocycles. The van der Waals surface area contributed by atoms with Crippen molar-refractivity contribution in [2.45, 2.75) is 28.7 Å². The van der Waals surface area contributed by atoms with Gasteiger partial charge in [-0.15, -0.1) is 0 Å². The van der Waals surface area contributed by atoms with Crippen LogP contribution >= 0.6 is 11.6 Å². The van der Waals surface area contributed by atoms with Crippen LogP contribution in [0.5, 0.6) is 0 Å². The number of carboxylic acid groups (broad SMARTS) is 1. The molecule has 9 heteroatoms. The Morgan fingerprint density at radius 2 is 1.67 bits per heavy atom. The summed E-state index contributed by atoms with van der Waals surface area (Å²) in [6.45, 7) is 1.10. The van der Waals surface area contributed by atoms with Crippen molar-refractivity contribution in [3.05, 3.63) is 94.5 Å². The first-order valence-electron chi connectivity index (χ1n) is 10.1. The number of aliphatic hydroxyl groups excluding tert-OH is 1. The minimum absolute atomic E-state index is 0. The van der Waals surface area contributed by atoms with Crippen LogP contribution < -0.4 is 5.32 Å². The molecular weight excluding hydrogens is 473 g/mol. The third-order valence-corrected chi connectivity index (χ3v) is 7.02. The standard InChI is InChI=1S/C24H24ClNO5S.Na.H/c25-20-7-1-5-18(14-20)23(27)16-26-13-3-4-17-9-11-21(12-10-17)32(30,31)22-8-2-6-19(15-22)24(28)29;;/h1-2,5-12,14-15,23,26-27H,3-4,13,16H2,(H,28,29);;/t23-;;/m1../s1. The van der Waals surface area contributed by atoms with Gasteiger partial charge in [0.05, 0.1) is 21.5 Å². The fourth-order valence-electron chi connectivity index (χ4n) is 3.26. The molecule has 0 fully saturated rings. The topological polar surface area (TPSA) is 104 Å². The van der Waals surface area contributed by atoms with Crippen molar-refractivity contribution < 1.29 is 23.4 Å². The second-order valence-electron chi connectivity index (χ2n) is 7.36. The van der Waals surface area contributed by atoms with Gasteiger partial charge in [0.1, 0.15) is 0 Å². The van der Waals surface area contributed by atoms with Crippen LogP contribution in [0, 0.1) is 0 Å². The van der Waals surface area contributed by atoms with E-state index in [1.165, 1.54) is 30.3 Å². The summed E-state index contributed by atoms with van der Waals surface area (Å²) in [5.74, 6) is -1.17.